The van der Waals surface area contributed by atoms with Crippen LogP contribution in [0.1, 0.15) is 20.7 Å². The minimum atomic E-state index is -0.194. The Hall–Kier alpha value is -2.96. The van der Waals surface area contributed by atoms with Crippen LogP contribution >= 0.6 is 31.9 Å². The highest BCUT2D eigenvalue weighted by molar-refractivity contribution is 9.11. The normalized spacial score (nSPS) is 10.6. The molecule has 0 aliphatic carbocycles. The van der Waals surface area contributed by atoms with Crippen LogP contribution in [0.5, 0.6) is 0 Å². The van der Waals surface area contributed by atoms with Gasteiger partial charge in [-0.25, -0.2) is 0 Å². The van der Waals surface area contributed by atoms with Crippen molar-refractivity contribution in [2.45, 2.75) is 0 Å². The number of carbonyl (C=O) groups excluding carboxylic acids is 2. The lowest BCUT2D eigenvalue weighted by Crippen LogP contribution is -2.13. The van der Waals surface area contributed by atoms with Gasteiger partial charge in [-0.1, -0.05) is 56.1 Å². The smallest absolute Gasteiger partial charge is 0.256 e. The van der Waals surface area contributed by atoms with E-state index in [1.807, 2.05) is 42.5 Å². The van der Waals surface area contributed by atoms with E-state index in [0.717, 1.165) is 19.7 Å². The largest absolute Gasteiger partial charge is 0.322 e. The number of anilines is 2. The molecule has 2 N–H and O–H groups in total. The summed E-state index contributed by atoms with van der Waals surface area (Å²) in [6, 6.07) is 25.6. The standard InChI is InChI=1S/C24H16Br2N2O2/c25-16-9-7-15(8-10-16)23(29)27-17-11-13-18(14-12-17)28-24(30)21-5-1-4-20-19(21)3-2-6-22(20)26/h1-14H,(H,27,29)(H,28,30). The molecule has 0 radical (unpaired) electrons. The minimum Gasteiger partial charge on any atom is -0.322 e. The molecule has 6 heteroatoms. The van der Waals surface area contributed by atoms with Crippen molar-refractivity contribution >= 4 is 65.8 Å². The summed E-state index contributed by atoms with van der Waals surface area (Å²) in [5.74, 6) is -0.383. The molecule has 0 aliphatic heterocycles. The molecule has 4 rings (SSSR count). The average Bonchev–Trinajstić information content (AvgIpc) is 2.75. The summed E-state index contributed by atoms with van der Waals surface area (Å²) >= 11 is 6.88. The quantitative estimate of drug-likeness (QED) is 0.306. The van der Waals surface area contributed by atoms with Crippen LogP contribution in [-0.2, 0) is 0 Å². The molecule has 0 spiro atoms. The number of hydrogen-bond acceptors (Lipinski definition) is 2. The van der Waals surface area contributed by atoms with Gasteiger partial charge in [-0.3, -0.25) is 9.59 Å². The van der Waals surface area contributed by atoms with Gasteiger partial charge in [0.15, 0.2) is 0 Å². The fourth-order valence-electron chi connectivity index (χ4n) is 3.11. The monoisotopic (exact) mass is 522 g/mol. The first-order chi connectivity index (χ1) is 14.5. The number of rotatable bonds is 4. The van der Waals surface area contributed by atoms with Crippen molar-refractivity contribution < 1.29 is 9.59 Å². The fraction of sp³-hybridized carbons (Fsp3) is 0. The van der Waals surface area contributed by atoms with Crippen LogP contribution < -0.4 is 10.6 Å². The van der Waals surface area contributed by atoms with E-state index in [9.17, 15) is 9.59 Å². The maximum atomic E-state index is 12.8. The lowest BCUT2D eigenvalue weighted by atomic mass is 10.0. The van der Waals surface area contributed by atoms with Crippen LogP contribution in [0.15, 0.2) is 93.9 Å². The molecule has 4 aromatic carbocycles. The summed E-state index contributed by atoms with van der Waals surface area (Å²) in [7, 11) is 0. The van der Waals surface area contributed by atoms with Gasteiger partial charge < -0.3 is 10.6 Å². The first-order valence-corrected chi connectivity index (χ1v) is 10.8. The van der Waals surface area contributed by atoms with Crippen LogP contribution in [0.25, 0.3) is 10.8 Å². The highest BCUT2D eigenvalue weighted by atomic mass is 79.9. The van der Waals surface area contributed by atoms with Crippen LogP contribution in [0, 0.1) is 0 Å². The van der Waals surface area contributed by atoms with Crippen molar-refractivity contribution in [2.75, 3.05) is 10.6 Å². The van der Waals surface area contributed by atoms with Gasteiger partial charge >= 0.3 is 0 Å². The molecular weight excluding hydrogens is 508 g/mol. The van der Waals surface area contributed by atoms with E-state index in [0.29, 0.717) is 22.5 Å². The van der Waals surface area contributed by atoms with E-state index in [1.54, 1.807) is 42.5 Å². The summed E-state index contributed by atoms with van der Waals surface area (Å²) in [5.41, 5.74) is 2.46. The molecule has 148 valence electrons. The zero-order valence-electron chi connectivity index (χ0n) is 15.7. The number of benzene rings is 4. The van der Waals surface area contributed by atoms with E-state index < -0.39 is 0 Å². The molecule has 0 unspecified atom stereocenters. The molecule has 2 amide bonds. The molecule has 4 nitrogen and oxygen atoms in total. The van der Waals surface area contributed by atoms with Crippen LogP contribution in [0.2, 0.25) is 0 Å². The van der Waals surface area contributed by atoms with E-state index in [2.05, 4.69) is 42.5 Å². The predicted molar refractivity (Wildman–Crippen MR) is 128 cm³/mol. The lowest BCUT2D eigenvalue weighted by molar-refractivity contribution is 0.101. The average molecular weight is 524 g/mol. The van der Waals surface area contributed by atoms with Gasteiger partial charge in [-0.15, -0.1) is 0 Å². The molecule has 0 heterocycles. The van der Waals surface area contributed by atoms with Crippen molar-refractivity contribution in [1.29, 1.82) is 0 Å². The maximum Gasteiger partial charge on any atom is 0.256 e. The van der Waals surface area contributed by atoms with Crippen LogP contribution in [0.4, 0.5) is 11.4 Å². The van der Waals surface area contributed by atoms with Crippen LogP contribution in [-0.4, -0.2) is 11.8 Å². The SMILES string of the molecule is O=C(Nc1ccc(NC(=O)c2cccc3c(Br)cccc23)cc1)c1ccc(Br)cc1. The summed E-state index contributed by atoms with van der Waals surface area (Å²) in [6.07, 6.45) is 0. The Kier molecular flexibility index (Phi) is 5.97. The number of hydrogen-bond donors (Lipinski definition) is 2. The molecule has 30 heavy (non-hydrogen) atoms. The van der Waals surface area contributed by atoms with Crippen molar-refractivity contribution in [3.8, 4) is 0 Å². The Balaban J connectivity index is 1.47. The van der Waals surface area contributed by atoms with Crippen molar-refractivity contribution in [3.05, 3.63) is 105 Å². The van der Waals surface area contributed by atoms with Gasteiger partial charge in [0.2, 0.25) is 0 Å². The molecule has 0 bridgehead atoms. The Morgan fingerprint density at radius 3 is 1.83 bits per heavy atom. The first kappa shape index (κ1) is 20.3. The number of nitrogens with one attached hydrogen (secondary N) is 2. The second kappa shape index (κ2) is 8.81. The number of amides is 2. The summed E-state index contributed by atoms with van der Waals surface area (Å²) in [6.45, 7) is 0. The molecule has 0 aliphatic rings. The van der Waals surface area contributed by atoms with Gasteiger partial charge in [0, 0.05) is 31.4 Å². The Morgan fingerprint density at radius 2 is 1.17 bits per heavy atom. The molecule has 0 saturated heterocycles. The fourth-order valence-corrected chi connectivity index (χ4v) is 3.87. The summed E-state index contributed by atoms with van der Waals surface area (Å²) in [5, 5.41) is 7.62. The molecular formula is C24H16Br2N2O2. The third-order valence-electron chi connectivity index (χ3n) is 4.62. The highest BCUT2D eigenvalue weighted by Crippen LogP contribution is 2.27. The number of fused-ring (bicyclic) bond motifs is 1. The molecule has 0 fully saturated rings. The van der Waals surface area contributed by atoms with Gasteiger partial charge in [0.05, 0.1) is 0 Å². The third kappa shape index (κ3) is 4.45. The van der Waals surface area contributed by atoms with Gasteiger partial charge in [-0.2, -0.15) is 0 Å². The predicted octanol–water partition coefficient (Wildman–Crippen LogP) is 6.87. The van der Waals surface area contributed by atoms with E-state index in [-0.39, 0.29) is 11.8 Å². The van der Waals surface area contributed by atoms with Gasteiger partial charge in [-0.05, 0) is 71.4 Å². The van der Waals surface area contributed by atoms with Gasteiger partial charge in [0.25, 0.3) is 11.8 Å². The zero-order valence-corrected chi connectivity index (χ0v) is 18.8. The maximum absolute atomic E-state index is 12.8. The third-order valence-corrected chi connectivity index (χ3v) is 5.84. The molecule has 0 saturated carbocycles. The van der Waals surface area contributed by atoms with Crippen LogP contribution in [0.3, 0.4) is 0 Å². The summed E-state index contributed by atoms with van der Waals surface area (Å²) in [4.78, 5) is 25.1. The topological polar surface area (TPSA) is 58.2 Å². The van der Waals surface area contributed by atoms with E-state index >= 15 is 0 Å². The Morgan fingerprint density at radius 1 is 0.600 bits per heavy atom. The Labute approximate surface area is 190 Å². The Bertz CT molecular complexity index is 1240. The van der Waals surface area contributed by atoms with Gasteiger partial charge in [0.1, 0.15) is 0 Å². The second-order valence-electron chi connectivity index (χ2n) is 6.63. The lowest BCUT2D eigenvalue weighted by Gasteiger charge is -2.10. The first-order valence-electron chi connectivity index (χ1n) is 9.17. The second-order valence-corrected chi connectivity index (χ2v) is 8.40. The molecule has 0 atom stereocenters. The van der Waals surface area contributed by atoms with Crippen molar-refractivity contribution in [3.63, 3.8) is 0 Å². The van der Waals surface area contributed by atoms with Crippen molar-refractivity contribution in [2.24, 2.45) is 0 Å². The number of carbonyl (C=O) groups is 2. The van der Waals surface area contributed by atoms with Crippen molar-refractivity contribution in [1.82, 2.24) is 0 Å². The molecule has 4 aromatic rings. The van der Waals surface area contributed by atoms with E-state index in [1.165, 1.54) is 0 Å². The highest BCUT2D eigenvalue weighted by Gasteiger charge is 2.12. The minimum absolute atomic E-state index is 0.189. The summed E-state index contributed by atoms with van der Waals surface area (Å²) < 4.78 is 1.86. The molecule has 0 aromatic heterocycles. The zero-order chi connectivity index (χ0) is 21.1. The number of halogens is 2. The van der Waals surface area contributed by atoms with E-state index in [4.69, 9.17) is 0 Å².